The Hall–Kier alpha value is -0.730. The zero-order valence-electron chi connectivity index (χ0n) is 9.28. The van der Waals surface area contributed by atoms with E-state index in [9.17, 15) is 15.0 Å². The molecule has 5 atom stereocenters. The summed E-state index contributed by atoms with van der Waals surface area (Å²) in [6, 6.07) is 0. The average Bonchev–Trinajstić information content (AvgIpc) is 2.25. The van der Waals surface area contributed by atoms with Crippen molar-refractivity contribution in [3.63, 3.8) is 0 Å². The largest absolute Gasteiger partial charge is 0.479 e. The second-order valence-corrected chi connectivity index (χ2v) is 3.73. The highest BCUT2D eigenvalue weighted by Crippen LogP contribution is 2.31. The van der Waals surface area contributed by atoms with Gasteiger partial charge in [0.15, 0.2) is 11.9 Å². The van der Waals surface area contributed by atoms with Crippen LogP contribution in [0.1, 0.15) is 6.92 Å². The van der Waals surface area contributed by atoms with E-state index in [1.54, 1.807) is 0 Å². The van der Waals surface area contributed by atoms with E-state index < -0.39 is 36.2 Å². The van der Waals surface area contributed by atoms with Gasteiger partial charge in [0.25, 0.3) is 0 Å². The van der Waals surface area contributed by atoms with Gasteiger partial charge in [0.1, 0.15) is 18.3 Å². The molecule has 5 unspecified atom stereocenters. The van der Waals surface area contributed by atoms with Gasteiger partial charge >= 0.3 is 5.97 Å². The molecular formula is C9H16O7. The van der Waals surface area contributed by atoms with Gasteiger partial charge in [-0.2, -0.15) is 0 Å². The lowest BCUT2D eigenvalue weighted by Gasteiger charge is -2.45. The molecule has 0 amide bonds. The molecule has 7 heteroatoms. The molecule has 1 aliphatic rings. The molecule has 1 saturated heterocycles. The van der Waals surface area contributed by atoms with Crippen LogP contribution >= 0.6 is 0 Å². The molecule has 0 spiro atoms. The quantitative estimate of drug-likeness (QED) is 0.551. The smallest absolute Gasteiger partial charge is 0.335 e. The molecule has 1 rings (SSSR count). The first-order valence-electron chi connectivity index (χ1n) is 4.72. The third-order valence-electron chi connectivity index (χ3n) is 2.78. The van der Waals surface area contributed by atoms with Crippen LogP contribution in [0, 0.1) is 0 Å². The zero-order chi connectivity index (χ0) is 12.5. The second-order valence-electron chi connectivity index (χ2n) is 3.73. The Morgan fingerprint density at radius 3 is 2.31 bits per heavy atom. The van der Waals surface area contributed by atoms with Crippen LogP contribution in [-0.2, 0) is 19.0 Å². The van der Waals surface area contributed by atoms with E-state index in [1.165, 1.54) is 21.1 Å². The predicted octanol–water partition coefficient (Wildman–Crippen LogP) is -1.43. The van der Waals surface area contributed by atoms with Crippen LogP contribution in [0.4, 0.5) is 0 Å². The fourth-order valence-corrected chi connectivity index (χ4v) is 1.68. The number of aliphatic carboxylic acids is 1. The lowest BCUT2D eigenvalue weighted by molar-refractivity contribution is -0.344. The average molecular weight is 236 g/mol. The Bertz CT molecular complexity index is 269. The Morgan fingerprint density at radius 2 is 1.94 bits per heavy atom. The van der Waals surface area contributed by atoms with E-state index in [-0.39, 0.29) is 0 Å². The molecule has 3 N–H and O–H groups in total. The van der Waals surface area contributed by atoms with Gasteiger partial charge < -0.3 is 29.5 Å². The Kier molecular flexibility index (Phi) is 3.87. The monoisotopic (exact) mass is 236 g/mol. The van der Waals surface area contributed by atoms with Gasteiger partial charge in [-0.05, 0) is 6.92 Å². The topological polar surface area (TPSA) is 105 Å². The maximum Gasteiger partial charge on any atom is 0.335 e. The van der Waals surface area contributed by atoms with Crippen LogP contribution in [0.2, 0.25) is 0 Å². The molecule has 0 aliphatic carbocycles. The van der Waals surface area contributed by atoms with E-state index in [4.69, 9.17) is 19.3 Å². The highest BCUT2D eigenvalue weighted by atomic mass is 16.7. The fraction of sp³-hybridized carbons (Fsp3) is 0.889. The minimum absolute atomic E-state index is 1.14. The summed E-state index contributed by atoms with van der Waals surface area (Å²) in [5.41, 5.74) is 0. The van der Waals surface area contributed by atoms with E-state index >= 15 is 0 Å². The molecule has 0 saturated carbocycles. The van der Waals surface area contributed by atoms with Crippen molar-refractivity contribution in [1.29, 1.82) is 0 Å². The molecule has 7 nitrogen and oxygen atoms in total. The van der Waals surface area contributed by atoms with E-state index in [0.717, 1.165) is 0 Å². The van der Waals surface area contributed by atoms with Gasteiger partial charge in [-0.3, -0.25) is 0 Å². The van der Waals surface area contributed by atoms with Crippen molar-refractivity contribution >= 4 is 5.97 Å². The molecule has 1 heterocycles. The van der Waals surface area contributed by atoms with Gasteiger partial charge in [0.2, 0.25) is 0 Å². The summed E-state index contributed by atoms with van der Waals surface area (Å²) in [7, 11) is 2.48. The standard InChI is InChI=1S/C9H16O7/c1-9(15-3)7(11)4(10)5(14-2)6(16-9)8(12)13/h4-7,10-11H,1-3H3,(H,12,13). The van der Waals surface area contributed by atoms with Crippen molar-refractivity contribution in [2.24, 2.45) is 0 Å². The van der Waals surface area contributed by atoms with Gasteiger partial charge in [0, 0.05) is 14.2 Å². The molecule has 0 radical (unpaired) electrons. The number of carboxylic acids is 1. The second kappa shape index (κ2) is 4.64. The number of hydrogen-bond acceptors (Lipinski definition) is 6. The normalized spacial score (nSPS) is 44.3. The highest BCUT2D eigenvalue weighted by Gasteiger charge is 2.54. The molecular weight excluding hydrogens is 220 g/mol. The SMILES string of the molecule is COC1C(C(=O)O)OC(C)(OC)C(O)C1O. The molecule has 94 valence electrons. The predicted molar refractivity (Wildman–Crippen MR) is 50.7 cm³/mol. The molecule has 16 heavy (non-hydrogen) atoms. The van der Waals surface area contributed by atoms with Crippen molar-refractivity contribution in [3.8, 4) is 0 Å². The minimum Gasteiger partial charge on any atom is -0.479 e. The summed E-state index contributed by atoms with van der Waals surface area (Å²) in [6.07, 6.45) is -5.33. The van der Waals surface area contributed by atoms with Crippen LogP contribution < -0.4 is 0 Å². The van der Waals surface area contributed by atoms with Crippen molar-refractivity contribution in [1.82, 2.24) is 0 Å². The lowest BCUT2D eigenvalue weighted by atomic mass is 9.93. The van der Waals surface area contributed by atoms with Crippen molar-refractivity contribution in [2.45, 2.75) is 37.1 Å². The molecule has 0 aromatic carbocycles. The van der Waals surface area contributed by atoms with Crippen LogP contribution in [0.15, 0.2) is 0 Å². The Morgan fingerprint density at radius 1 is 1.38 bits per heavy atom. The minimum atomic E-state index is -1.57. The Labute approximate surface area is 92.5 Å². The number of aliphatic hydroxyl groups is 2. The third-order valence-corrected chi connectivity index (χ3v) is 2.78. The summed E-state index contributed by atoms with van der Waals surface area (Å²) in [5, 5.41) is 28.4. The van der Waals surface area contributed by atoms with Crippen LogP contribution in [0.5, 0.6) is 0 Å². The summed E-state index contributed by atoms with van der Waals surface area (Å²) >= 11 is 0. The summed E-state index contributed by atoms with van der Waals surface area (Å²) < 4.78 is 14.8. The number of aliphatic hydroxyl groups excluding tert-OH is 2. The fourth-order valence-electron chi connectivity index (χ4n) is 1.68. The molecule has 1 aliphatic heterocycles. The highest BCUT2D eigenvalue weighted by molar-refractivity contribution is 5.73. The third kappa shape index (κ3) is 2.04. The first-order valence-corrected chi connectivity index (χ1v) is 4.72. The summed E-state index contributed by atoms with van der Waals surface area (Å²) in [6.45, 7) is 1.35. The number of hydrogen-bond donors (Lipinski definition) is 3. The number of ether oxygens (including phenoxy) is 3. The van der Waals surface area contributed by atoms with Gasteiger partial charge in [-0.1, -0.05) is 0 Å². The molecule has 1 fully saturated rings. The lowest BCUT2D eigenvalue weighted by Crippen LogP contribution is -2.65. The van der Waals surface area contributed by atoms with Crippen molar-refractivity contribution in [2.75, 3.05) is 14.2 Å². The first kappa shape index (κ1) is 13.3. The van der Waals surface area contributed by atoms with E-state index in [0.29, 0.717) is 0 Å². The molecule has 0 aromatic heterocycles. The summed E-state index contributed by atoms with van der Waals surface area (Å²) in [5.74, 6) is -2.86. The number of rotatable bonds is 3. The molecule has 0 bridgehead atoms. The number of carbonyl (C=O) groups is 1. The molecule has 0 aromatic rings. The van der Waals surface area contributed by atoms with Crippen molar-refractivity contribution < 1.29 is 34.3 Å². The number of carboxylic acid groups (broad SMARTS) is 1. The Balaban J connectivity index is 2.99. The van der Waals surface area contributed by atoms with Gasteiger partial charge in [0.05, 0.1) is 0 Å². The van der Waals surface area contributed by atoms with Crippen LogP contribution in [0.25, 0.3) is 0 Å². The van der Waals surface area contributed by atoms with Gasteiger partial charge in [-0.25, -0.2) is 4.79 Å². The van der Waals surface area contributed by atoms with Gasteiger partial charge in [-0.15, -0.1) is 0 Å². The van der Waals surface area contributed by atoms with Crippen molar-refractivity contribution in [3.05, 3.63) is 0 Å². The summed E-state index contributed by atoms with van der Waals surface area (Å²) in [4.78, 5) is 10.9. The maximum atomic E-state index is 10.9. The van der Waals surface area contributed by atoms with Crippen LogP contribution in [-0.4, -0.2) is 65.7 Å². The first-order chi connectivity index (χ1) is 7.37. The van der Waals surface area contributed by atoms with E-state index in [1.807, 2.05) is 0 Å². The zero-order valence-corrected chi connectivity index (χ0v) is 9.28. The van der Waals surface area contributed by atoms with E-state index in [2.05, 4.69) is 0 Å². The maximum absolute atomic E-state index is 10.9. The number of methoxy groups -OCH3 is 2. The van der Waals surface area contributed by atoms with Crippen LogP contribution in [0.3, 0.4) is 0 Å².